The zero-order chi connectivity index (χ0) is 10.8. The van der Waals surface area contributed by atoms with E-state index in [4.69, 9.17) is 0 Å². The molecule has 78 valence electrons. The molecule has 1 N–H and O–H groups in total. The predicted octanol–water partition coefficient (Wildman–Crippen LogP) is 3.55. The summed E-state index contributed by atoms with van der Waals surface area (Å²) in [5.74, 6) is 0.504. The molecule has 0 bridgehead atoms. The van der Waals surface area contributed by atoms with E-state index in [2.05, 4.69) is 36.5 Å². The van der Waals surface area contributed by atoms with Gasteiger partial charge in [-0.05, 0) is 36.5 Å². The number of hydrogen-bond acceptors (Lipinski definition) is 1. The normalized spacial score (nSPS) is 12.9. The van der Waals surface area contributed by atoms with Gasteiger partial charge in [-0.15, -0.1) is 6.58 Å². The number of aromatic amines is 1. The molecule has 2 rings (SSSR count). The molecular weight excluding hydrogens is 184 g/mol. The van der Waals surface area contributed by atoms with Crippen LogP contribution in [0.4, 0.5) is 0 Å². The fourth-order valence-electron chi connectivity index (χ4n) is 2.15. The standard InChI is InChI=1S/C13H16N2/c1-4-5-9(2)12-10(3)8-15-13-11(12)6-7-14-13/h4,6-9H,1,5H2,2-3H3,(H,14,15). The van der Waals surface area contributed by atoms with Gasteiger partial charge in [0.15, 0.2) is 0 Å². The summed E-state index contributed by atoms with van der Waals surface area (Å²) in [6.45, 7) is 8.15. The van der Waals surface area contributed by atoms with Crippen molar-refractivity contribution in [3.05, 3.63) is 42.2 Å². The Morgan fingerprint density at radius 3 is 3.13 bits per heavy atom. The molecule has 0 aliphatic carbocycles. The molecule has 0 saturated carbocycles. The molecule has 2 aromatic rings. The number of nitrogens with zero attached hydrogens (tertiary/aromatic N) is 1. The molecule has 2 nitrogen and oxygen atoms in total. The first-order valence-corrected chi connectivity index (χ1v) is 5.27. The van der Waals surface area contributed by atoms with Gasteiger partial charge in [-0.3, -0.25) is 0 Å². The fourth-order valence-corrected chi connectivity index (χ4v) is 2.15. The minimum Gasteiger partial charge on any atom is -0.346 e. The highest BCUT2D eigenvalue weighted by atomic mass is 14.8. The molecule has 0 aliphatic rings. The number of allylic oxidation sites excluding steroid dienone is 1. The van der Waals surface area contributed by atoms with Crippen molar-refractivity contribution in [2.45, 2.75) is 26.2 Å². The van der Waals surface area contributed by atoms with Crippen LogP contribution in [0.1, 0.15) is 30.4 Å². The number of aryl methyl sites for hydroxylation is 1. The topological polar surface area (TPSA) is 28.7 Å². The summed E-state index contributed by atoms with van der Waals surface area (Å²) in [6.07, 6.45) is 6.86. The highest BCUT2D eigenvalue weighted by Crippen LogP contribution is 2.29. The Morgan fingerprint density at radius 1 is 1.60 bits per heavy atom. The van der Waals surface area contributed by atoms with Crippen molar-refractivity contribution in [2.75, 3.05) is 0 Å². The Balaban J connectivity index is 2.60. The molecule has 0 spiro atoms. The molecular formula is C13H16N2. The number of H-pyrrole nitrogens is 1. The van der Waals surface area contributed by atoms with Crippen molar-refractivity contribution < 1.29 is 0 Å². The lowest BCUT2D eigenvalue weighted by Gasteiger charge is -2.13. The number of rotatable bonds is 3. The van der Waals surface area contributed by atoms with Crippen LogP contribution >= 0.6 is 0 Å². The molecule has 0 saturated heterocycles. The molecule has 2 aromatic heterocycles. The summed E-state index contributed by atoms with van der Waals surface area (Å²) in [5, 5.41) is 1.24. The van der Waals surface area contributed by atoms with Gasteiger partial charge < -0.3 is 4.98 Å². The summed E-state index contributed by atoms with van der Waals surface area (Å²) in [5.41, 5.74) is 3.63. The van der Waals surface area contributed by atoms with Crippen LogP contribution in [0.15, 0.2) is 31.1 Å². The fraction of sp³-hybridized carbons (Fsp3) is 0.308. The lowest BCUT2D eigenvalue weighted by molar-refractivity contribution is 0.781. The van der Waals surface area contributed by atoms with E-state index in [1.807, 2.05) is 18.5 Å². The van der Waals surface area contributed by atoms with Crippen LogP contribution in [0.3, 0.4) is 0 Å². The van der Waals surface area contributed by atoms with E-state index >= 15 is 0 Å². The maximum absolute atomic E-state index is 4.36. The van der Waals surface area contributed by atoms with Gasteiger partial charge in [0.2, 0.25) is 0 Å². The Hall–Kier alpha value is -1.57. The summed E-state index contributed by atoms with van der Waals surface area (Å²) in [6, 6.07) is 2.10. The first-order valence-electron chi connectivity index (χ1n) is 5.27. The van der Waals surface area contributed by atoms with Gasteiger partial charge in [-0.1, -0.05) is 13.0 Å². The van der Waals surface area contributed by atoms with Gasteiger partial charge >= 0.3 is 0 Å². The number of pyridine rings is 1. The van der Waals surface area contributed by atoms with Crippen molar-refractivity contribution >= 4 is 11.0 Å². The maximum atomic E-state index is 4.36. The minimum absolute atomic E-state index is 0.504. The molecule has 0 aromatic carbocycles. The smallest absolute Gasteiger partial charge is 0.137 e. The minimum atomic E-state index is 0.504. The van der Waals surface area contributed by atoms with Crippen LogP contribution in [0.25, 0.3) is 11.0 Å². The largest absolute Gasteiger partial charge is 0.346 e. The maximum Gasteiger partial charge on any atom is 0.137 e. The van der Waals surface area contributed by atoms with Crippen molar-refractivity contribution in [3.63, 3.8) is 0 Å². The molecule has 0 fully saturated rings. The van der Waals surface area contributed by atoms with Gasteiger partial charge in [0, 0.05) is 17.8 Å². The Kier molecular flexibility index (Phi) is 2.58. The summed E-state index contributed by atoms with van der Waals surface area (Å²) >= 11 is 0. The first-order chi connectivity index (χ1) is 7.24. The third kappa shape index (κ3) is 1.67. The van der Waals surface area contributed by atoms with E-state index < -0.39 is 0 Å². The van der Waals surface area contributed by atoms with Gasteiger partial charge in [0.05, 0.1) is 0 Å². The summed E-state index contributed by atoms with van der Waals surface area (Å²) in [7, 11) is 0. The molecule has 15 heavy (non-hydrogen) atoms. The van der Waals surface area contributed by atoms with E-state index in [1.54, 1.807) is 0 Å². The van der Waals surface area contributed by atoms with E-state index in [-0.39, 0.29) is 0 Å². The predicted molar refractivity (Wildman–Crippen MR) is 64.1 cm³/mol. The molecule has 0 radical (unpaired) electrons. The van der Waals surface area contributed by atoms with Crippen molar-refractivity contribution in [1.82, 2.24) is 9.97 Å². The average Bonchev–Trinajstić information content (AvgIpc) is 2.65. The molecule has 0 amide bonds. The number of aromatic nitrogens is 2. The van der Waals surface area contributed by atoms with E-state index in [9.17, 15) is 0 Å². The second-order valence-corrected chi connectivity index (χ2v) is 4.02. The van der Waals surface area contributed by atoms with Crippen LogP contribution < -0.4 is 0 Å². The van der Waals surface area contributed by atoms with E-state index in [0.717, 1.165) is 12.1 Å². The summed E-state index contributed by atoms with van der Waals surface area (Å²) < 4.78 is 0. The van der Waals surface area contributed by atoms with Gasteiger partial charge in [-0.25, -0.2) is 4.98 Å². The molecule has 2 heteroatoms. The van der Waals surface area contributed by atoms with Crippen molar-refractivity contribution in [3.8, 4) is 0 Å². The third-order valence-corrected chi connectivity index (χ3v) is 2.84. The zero-order valence-electron chi connectivity index (χ0n) is 9.25. The van der Waals surface area contributed by atoms with Crippen LogP contribution in [-0.4, -0.2) is 9.97 Å². The van der Waals surface area contributed by atoms with Gasteiger partial charge in [0.25, 0.3) is 0 Å². The monoisotopic (exact) mass is 200 g/mol. The Bertz CT molecular complexity index is 482. The van der Waals surface area contributed by atoms with Crippen LogP contribution in [0, 0.1) is 6.92 Å². The van der Waals surface area contributed by atoms with E-state index in [1.165, 1.54) is 16.5 Å². The zero-order valence-corrected chi connectivity index (χ0v) is 9.25. The number of nitrogens with one attached hydrogen (secondary N) is 1. The lowest BCUT2D eigenvalue weighted by atomic mass is 9.92. The van der Waals surface area contributed by atoms with Gasteiger partial charge in [-0.2, -0.15) is 0 Å². The van der Waals surface area contributed by atoms with Crippen LogP contribution in [-0.2, 0) is 0 Å². The average molecular weight is 200 g/mol. The van der Waals surface area contributed by atoms with E-state index in [0.29, 0.717) is 5.92 Å². The quantitative estimate of drug-likeness (QED) is 0.754. The second kappa shape index (κ2) is 3.89. The van der Waals surface area contributed by atoms with Crippen LogP contribution in [0.2, 0.25) is 0 Å². The third-order valence-electron chi connectivity index (χ3n) is 2.84. The molecule has 1 atom stereocenters. The lowest BCUT2D eigenvalue weighted by Crippen LogP contribution is -1.97. The number of hydrogen-bond donors (Lipinski definition) is 1. The molecule has 2 heterocycles. The van der Waals surface area contributed by atoms with Crippen LogP contribution in [0.5, 0.6) is 0 Å². The summed E-state index contributed by atoms with van der Waals surface area (Å²) in [4.78, 5) is 7.51. The molecule has 1 unspecified atom stereocenters. The van der Waals surface area contributed by atoms with Crippen molar-refractivity contribution in [2.24, 2.45) is 0 Å². The highest BCUT2D eigenvalue weighted by molar-refractivity contribution is 5.81. The SMILES string of the molecule is C=CCC(C)c1c(C)cnc2[nH]ccc12. The first kappa shape index (κ1) is 9.97. The van der Waals surface area contributed by atoms with Crippen molar-refractivity contribution in [1.29, 1.82) is 0 Å². The Labute approximate surface area is 90.0 Å². The molecule has 0 aliphatic heterocycles. The number of fused-ring (bicyclic) bond motifs is 1. The van der Waals surface area contributed by atoms with Gasteiger partial charge in [0.1, 0.15) is 5.65 Å². The highest BCUT2D eigenvalue weighted by Gasteiger charge is 2.12. The second-order valence-electron chi connectivity index (χ2n) is 4.02. The Morgan fingerprint density at radius 2 is 2.40 bits per heavy atom.